The summed E-state index contributed by atoms with van der Waals surface area (Å²) in [6.07, 6.45) is 10.1. The van der Waals surface area contributed by atoms with E-state index in [1.165, 1.54) is 18.4 Å². The van der Waals surface area contributed by atoms with Gasteiger partial charge in [0.15, 0.2) is 0 Å². The molecule has 0 radical (unpaired) electrons. The van der Waals surface area contributed by atoms with Crippen molar-refractivity contribution in [2.45, 2.75) is 37.3 Å². The van der Waals surface area contributed by atoms with Crippen molar-refractivity contribution < 1.29 is 0 Å². The highest BCUT2D eigenvalue weighted by Gasteiger charge is 2.37. The predicted molar refractivity (Wildman–Crippen MR) is 96.0 cm³/mol. The Bertz CT molecular complexity index is 645. The second kappa shape index (κ2) is 7.07. The second-order valence-electron chi connectivity index (χ2n) is 6.38. The number of nitrogens with zero attached hydrogens (tertiary/aromatic N) is 1. The molecule has 1 fully saturated rings. The Labute approximate surface area is 138 Å². The topological polar surface area (TPSA) is 50.9 Å². The van der Waals surface area contributed by atoms with Gasteiger partial charge in [0.2, 0.25) is 0 Å². The van der Waals surface area contributed by atoms with E-state index in [0.29, 0.717) is 0 Å². The molecule has 2 atom stereocenters. The lowest BCUT2D eigenvalue weighted by atomic mass is 9.76. The zero-order chi connectivity index (χ0) is 16.1. The largest absolute Gasteiger partial charge is 0.322 e. The third-order valence-corrected chi connectivity index (χ3v) is 4.87. The van der Waals surface area contributed by atoms with Gasteiger partial charge in [-0.2, -0.15) is 0 Å². The SMILES string of the molecule is C=CC[C@]1([C@@H](N)c2cccc(-c3cccnc3)c2)CCCCN1. The van der Waals surface area contributed by atoms with Gasteiger partial charge < -0.3 is 11.1 Å². The number of hydrogen-bond donors (Lipinski definition) is 2. The Hall–Kier alpha value is -1.97. The van der Waals surface area contributed by atoms with E-state index in [4.69, 9.17) is 5.73 Å². The molecule has 3 rings (SSSR count). The smallest absolute Gasteiger partial charge is 0.0483 e. The van der Waals surface area contributed by atoms with Crippen LogP contribution in [0.4, 0.5) is 0 Å². The van der Waals surface area contributed by atoms with Crippen molar-refractivity contribution in [3.05, 3.63) is 67.0 Å². The van der Waals surface area contributed by atoms with Crippen LogP contribution in [-0.4, -0.2) is 17.1 Å². The van der Waals surface area contributed by atoms with Crippen LogP contribution in [0.1, 0.15) is 37.3 Å². The molecule has 3 N–H and O–H groups in total. The van der Waals surface area contributed by atoms with Crippen LogP contribution in [0.15, 0.2) is 61.4 Å². The number of nitrogens with two attached hydrogens (primary N) is 1. The van der Waals surface area contributed by atoms with Gasteiger partial charge in [0, 0.05) is 24.0 Å². The summed E-state index contributed by atoms with van der Waals surface area (Å²) >= 11 is 0. The van der Waals surface area contributed by atoms with Gasteiger partial charge in [-0.3, -0.25) is 4.98 Å². The zero-order valence-corrected chi connectivity index (χ0v) is 13.5. The van der Waals surface area contributed by atoms with Crippen molar-refractivity contribution in [3.63, 3.8) is 0 Å². The van der Waals surface area contributed by atoms with E-state index in [2.05, 4.69) is 47.2 Å². The molecule has 1 aliphatic rings. The third-order valence-electron chi connectivity index (χ3n) is 4.87. The summed E-state index contributed by atoms with van der Waals surface area (Å²) in [4.78, 5) is 4.21. The van der Waals surface area contributed by atoms with Crippen molar-refractivity contribution >= 4 is 0 Å². The molecule has 0 bridgehead atoms. The quantitative estimate of drug-likeness (QED) is 0.825. The molecule has 1 aromatic carbocycles. The molecule has 3 nitrogen and oxygen atoms in total. The van der Waals surface area contributed by atoms with E-state index >= 15 is 0 Å². The molecule has 0 unspecified atom stereocenters. The highest BCUT2D eigenvalue weighted by molar-refractivity contribution is 5.63. The van der Waals surface area contributed by atoms with Crippen LogP contribution in [-0.2, 0) is 0 Å². The van der Waals surface area contributed by atoms with Gasteiger partial charge in [0.1, 0.15) is 0 Å². The number of pyridine rings is 1. The molecule has 1 saturated heterocycles. The van der Waals surface area contributed by atoms with Crippen LogP contribution in [0, 0.1) is 0 Å². The fourth-order valence-electron chi connectivity index (χ4n) is 3.58. The van der Waals surface area contributed by atoms with Crippen molar-refractivity contribution in [3.8, 4) is 11.1 Å². The van der Waals surface area contributed by atoms with E-state index in [1.807, 2.05) is 18.3 Å². The fourth-order valence-corrected chi connectivity index (χ4v) is 3.58. The lowest BCUT2D eigenvalue weighted by molar-refractivity contribution is 0.211. The number of nitrogens with one attached hydrogen (secondary N) is 1. The summed E-state index contributed by atoms with van der Waals surface area (Å²) < 4.78 is 0. The van der Waals surface area contributed by atoms with E-state index in [9.17, 15) is 0 Å². The Morgan fingerprint density at radius 2 is 2.13 bits per heavy atom. The number of hydrogen-bond acceptors (Lipinski definition) is 3. The first kappa shape index (κ1) is 15.9. The van der Waals surface area contributed by atoms with Gasteiger partial charge in [-0.1, -0.05) is 36.8 Å². The zero-order valence-electron chi connectivity index (χ0n) is 13.5. The molecular formula is C20H25N3. The van der Waals surface area contributed by atoms with Crippen LogP contribution in [0.3, 0.4) is 0 Å². The first-order chi connectivity index (χ1) is 11.2. The maximum absolute atomic E-state index is 6.71. The maximum Gasteiger partial charge on any atom is 0.0483 e. The molecule has 2 aromatic rings. The number of benzene rings is 1. The van der Waals surface area contributed by atoms with Gasteiger partial charge in [-0.15, -0.1) is 6.58 Å². The van der Waals surface area contributed by atoms with Gasteiger partial charge in [0.05, 0.1) is 0 Å². The minimum Gasteiger partial charge on any atom is -0.322 e. The molecule has 2 heterocycles. The van der Waals surface area contributed by atoms with Crippen LogP contribution >= 0.6 is 0 Å². The predicted octanol–water partition coefficient (Wildman–Crippen LogP) is 3.84. The standard InChI is InChI=1S/C20H25N3/c1-2-10-20(11-3-4-13-23-20)19(21)17-8-5-7-16(14-17)18-9-6-12-22-15-18/h2,5-9,12,14-15,19,23H,1,3-4,10-11,13,21H2/t19-,20+/m0/s1. The number of piperidine rings is 1. The Balaban J connectivity index is 1.92. The molecule has 0 spiro atoms. The summed E-state index contributed by atoms with van der Waals surface area (Å²) in [7, 11) is 0. The van der Waals surface area contributed by atoms with Gasteiger partial charge in [-0.05, 0) is 54.6 Å². The molecular weight excluding hydrogens is 282 g/mol. The number of rotatable bonds is 5. The van der Waals surface area contributed by atoms with Gasteiger partial charge in [-0.25, -0.2) is 0 Å². The Morgan fingerprint density at radius 3 is 2.83 bits per heavy atom. The van der Waals surface area contributed by atoms with E-state index in [-0.39, 0.29) is 11.6 Å². The van der Waals surface area contributed by atoms with Crippen LogP contribution in [0.2, 0.25) is 0 Å². The maximum atomic E-state index is 6.71. The molecule has 1 aliphatic heterocycles. The Morgan fingerprint density at radius 1 is 1.26 bits per heavy atom. The average molecular weight is 307 g/mol. The average Bonchev–Trinajstić information content (AvgIpc) is 2.63. The van der Waals surface area contributed by atoms with E-state index in [0.717, 1.165) is 30.5 Å². The van der Waals surface area contributed by atoms with E-state index < -0.39 is 0 Å². The summed E-state index contributed by atoms with van der Waals surface area (Å²) in [6.45, 7) is 4.97. The minimum atomic E-state index is -0.0758. The monoisotopic (exact) mass is 307 g/mol. The molecule has 3 heteroatoms. The normalized spacial score (nSPS) is 22.5. The first-order valence-electron chi connectivity index (χ1n) is 8.37. The van der Waals surface area contributed by atoms with E-state index in [1.54, 1.807) is 6.20 Å². The lowest BCUT2D eigenvalue weighted by Gasteiger charge is -2.43. The summed E-state index contributed by atoms with van der Waals surface area (Å²) in [5.41, 5.74) is 10.1. The van der Waals surface area contributed by atoms with Crippen LogP contribution in [0.25, 0.3) is 11.1 Å². The van der Waals surface area contributed by atoms with Gasteiger partial charge >= 0.3 is 0 Å². The van der Waals surface area contributed by atoms with Crippen LogP contribution < -0.4 is 11.1 Å². The third kappa shape index (κ3) is 3.36. The first-order valence-corrected chi connectivity index (χ1v) is 8.37. The molecule has 120 valence electrons. The minimum absolute atomic E-state index is 0.0441. The van der Waals surface area contributed by atoms with Crippen molar-refractivity contribution in [2.75, 3.05) is 6.54 Å². The van der Waals surface area contributed by atoms with Crippen molar-refractivity contribution in [1.29, 1.82) is 0 Å². The number of aromatic nitrogens is 1. The summed E-state index contributed by atoms with van der Waals surface area (Å²) in [5.74, 6) is 0. The van der Waals surface area contributed by atoms with Crippen molar-refractivity contribution in [2.24, 2.45) is 5.73 Å². The van der Waals surface area contributed by atoms with Crippen molar-refractivity contribution in [1.82, 2.24) is 10.3 Å². The molecule has 0 amide bonds. The second-order valence-corrected chi connectivity index (χ2v) is 6.38. The molecule has 23 heavy (non-hydrogen) atoms. The fraction of sp³-hybridized carbons (Fsp3) is 0.350. The summed E-state index contributed by atoms with van der Waals surface area (Å²) in [6, 6.07) is 12.5. The molecule has 1 aromatic heterocycles. The van der Waals surface area contributed by atoms with Crippen LogP contribution in [0.5, 0.6) is 0 Å². The highest BCUT2D eigenvalue weighted by atomic mass is 15.0. The van der Waals surface area contributed by atoms with Gasteiger partial charge in [0.25, 0.3) is 0 Å². The molecule has 0 saturated carbocycles. The Kier molecular flexibility index (Phi) is 4.89. The molecule has 0 aliphatic carbocycles. The lowest BCUT2D eigenvalue weighted by Crippen LogP contribution is -2.55. The summed E-state index contributed by atoms with van der Waals surface area (Å²) in [5, 5.41) is 3.68. The highest BCUT2D eigenvalue weighted by Crippen LogP contribution is 2.35.